The fourth-order valence-corrected chi connectivity index (χ4v) is 6.21. The average molecular weight is 490 g/mol. The van der Waals surface area contributed by atoms with Gasteiger partial charge in [-0.2, -0.15) is 0 Å². The molecular weight excluding hydrogens is 465 g/mol. The van der Waals surface area contributed by atoms with Crippen molar-refractivity contribution in [2.24, 2.45) is 0 Å². The molecule has 2 aliphatic rings. The van der Waals surface area contributed by atoms with Crippen LogP contribution in [0.15, 0.2) is 18.2 Å². The van der Waals surface area contributed by atoms with Crippen molar-refractivity contribution in [1.29, 1.82) is 0 Å². The van der Waals surface area contributed by atoms with Crippen molar-refractivity contribution >= 4 is 62.3 Å². The van der Waals surface area contributed by atoms with Gasteiger partial charge >= 0.3 is 6.03 Å². The van der Waals surface area contributed by atoms with Gasteiger partial charge in [0.05, 0.1) is 16.1 Å². The molecule has 0 spiro atoms. The zero-order valence-corrected chi connectivity index (χ0v) is 20.3. The lowest BCUT2D eigenvalue weighted by atomic mass is 9.97. The number of benzene rings is 1. The molecule has 0 radical (unpaired) electrons. The van der Waals surface area contributed by atoms with Crippen LogP contribution in [-0.4, -0.2) is 47.1 Å². The Morgan fingerprint density at radius 2 is 1.91 bits per heavy atom. The number of rotatable bonds is 3. The van der Waals surface area contributed by atoms with Crippen LogP contribution in [0.5, 0.6) is 0 Å². The van der Waals surface area contributed by atoms with Gasteiger partial charge in [-0.3, -0.25) is 0 Å². The molecule has 3 aromatic rings. The van der Waals surface area contributed by atoms with Crippen LogP contribution in [0.2, 0.25) is 10.0 Å². The SMILES string of the molecule is CCc1nc(N2CCN(C(=O)Nc3ccc(Cl)cc3Cl)CC2)c2c3c(sc2n1)CCCC3. The number of aryl methyl sites for hydroxylation is 3. The summed E-state index contributed by atoms with van der Waals surface area (Å²) < 4.78 is 0. The Balaban J connectivity index is 1.35. The Morgan fingerprint density at radius 1 is 1.12 bits per heavy atom. The number of hydrogen-bond acceptors (Lipinski definition) is 5. The first-order valence-corrected chi connectivity index (χ1v) is 12.7. The monoisotopic (exact) mass is 489 g/mol. The number of hydrogen-bond donors (Lipinski definition) is 1. The standard InChI is InChI=1S/C23H25Cl2N5OS/c1-2-19-27-21(20-15-5-3-4-6-18(15)32-22(20)28-19)29-9-11-30(12-10-29)23(31)26-17-8-7-14(24)13-16(17)25/h7-8,13H,2-6,9-12H2,1H3,(H,26,31). The second-order valence-electron chi connectivity index (χ2n) is 8.24. The Kier molecular flexibility index (Phi) is 6.14. The van der Waals surface area contributed by atoms with E-state index in [0.717, 1.165) is 48.8 Å². The summed E-state index contributed by atoms with van der Waals surface area (Å²) >= 11 is 14.0. The molecule has 9 heteroatoms. The highest BCUT2D eigenvalue weighted by molar-refractivity contribution is 7.19. The van der Waals surface area contributed by atoms with Crippen LogP contribution in [0.3, 0.4) is 0 Å². The largest absolute Gasteiger partial charge is 0.352 e. The summed E-state index contributed by atoms with van der Waals surface area (Å²) in [5.74, 6) is 1.94. The van der Waals surface area contributed by atoms with E-state index in [2.05, 4.69) is 17.1 Å². The number of fused-ring (bicyclic) bond motifs is 3. The van der Waals surface area contributed by atoms with Crippen molar-refractivity contribution in [3.05, 3.63) is 44.5 Å². The Morgan fingerprint density at radius 3 is 2.66 bits per heavy atom. The maximum atomic E-state index is 12.8. The van der Waals surface area contributed by atoms with Gasteiger partial charge < -0.3 is 15.1 Å². The van der Waals surface area contributed by atoms with Crippen LogP contribution in [0, 0.1) is 0 Å². The number of aromatic nitrogens is 2. The summed E-state index contributed by atoms with van der Waals surface area (Å²) in [6, 6.07) is 4.92. The number of carbonyl (C=O) groups is 1. The van der Waals surface area contributed by atoms with E-state index in [1.165, 1.54) is 28.7 Å². The van der Waals surface area contributed by atoms with Crippen LogP contribution in [0.25, 0.3) is 10.2 Å². The maximum absolute atomic E-state index is 12.8. The minimum Gasteiger partial charge on any atom is -0.352 e. The number of nitrogens with zero attached hydrogens (tertiary/aromatic N) is 4. The number of urea groups is 1. The van der Waals surface area contributed by atoms with E-state index in [9.17, 15) is 4.79 Å². The van der Waals surface area contributed by atoms with Crippen molar-refractivity contribution in [3.63, 3.8) is 0 Å². The van der Waals surface area contributed by atoms with Gasteiger partial charge in [0.15, 0.2) is 0 Å². The summed E-state index contributed by atoms with van der Waals surface area (Å²) in [6.45, 7) is 4.82. The second-order valence-corrected chi connectivity index (χ2v) is 10.2. The molecule has 0 unspecified atom stereocenters. The van der Waals surface area contributed by atoms with E-state index in [4.69, 9.17) is 33.2 Å². The molecule has 1 aliphatic heterocycles. The quantitative estimate of drug-likeness (QED) is 0.505. The van der Waals surface area contributed by atoms with E-state index in [0.29, 0.717) is 28.8 Å². The van der Waals surface area contributed by atoms with E-state index in [-0.39, 0.29) is 6.03 Å². The van der Waals surface area contributed by atoms with E-state index < -0.39 is 0 Å². The van der Waals surface area contributed by atoms with Gasteiger partial charge in [0, 0.05) is 42.5 Å². The highest BCUT2D eigenvalue weighted by Gasteiger charge is 2.27. The average Bonchev–Trinajstić information content (AvgIpc) is 3.19. The van der Waals surface area contributed by atoms with Crippen LogP contribution in [0.1, 0.15) is 36.0 Å². The number of halogens is 2. The molecule has 0 atom stereocenters. The van der Waals surface area contributed by atoms with Crippen molar-refractivity contribution < 1.29 is 4.79 Å². The molecule has 1 N–H and O–H groups in total. The fraction of sp³-hybridized carbons (Fsp3) is 0.435. The minimum atomic E-state index is -0.149. The van der Waals surface area contributed by atoms with Gasteiger partial charge in [-0.15, -0.1) is 11.3 Å². The molecule has 5 rings (SSSR count). The molecule has 1 aliphatic carbocycles. The first-order valence-electron chi connectivity index (χ1n) is 11.1. The predicted molar refractivity (Wildman–Crippen MR) is 133 cm³/mol. The number of nitrogens with one attached hydrogen (secondary N) is 1. The van der Waals surface area contributed by atoms with E-state index in [1.54, 1.807) is 18.2 Å². The lowest BCUT2D eigenvalue weighted by Crippen LogP contribution is -2.50. The number of carbonyl (C=O) groups excluding carboxylic acids is 1. The Labute approximate surface area is 201 Å². The summed E-state index contributed by atoms with van der Waals surface area (Å²) in [7, 11) is 0. The molecule has 2 amide bonds. The summed E-state index contributed by atoms with van der Waals surface area (Å²) in [5.41, 5.74) is 2.02. The third kappa shape index (κ3) is 4.14. The van der Waals surface area contributed by atoms with Crippen LogP contribution >= 0.6 is 34.5 Å². The highest BCUT2D eigenvalue weighted by Crippen LogP contribution is 2.40. The fourth-order valence-electron chi connectivity index (χ4n) is 4.47. The molecule has 168 valence electrons. The van der Waals surface area contributed by atoms with E-state index in [1.807, 2.05) is 16.2 Å². The van der Waals surface area contributed by atoms with E-state index >= 15 is 0 Å². The lowest BCUT2D eigenvalue weighted by molar-refractivity contribution is 0.208. The predicted octanol–water partition coefficient (Wildman–Crippen LogP) is 5.79. The van der Waals surface area contributed by atoms with Crippen LogP contribution < -0.4 is 10.2 Å². The molecule has 1 fully saturated rings. The van der Waals surface area contributed by atoms with Crippen molar-refractivity contribution in [3.8, 4) is 0 Å². The molecule has 1 aromatic carbocycles. The molecule has 2 aromatic heterocycles. The third-order valence-electron chi connectivity index (χ3n) is 6.20. The first-order chi connectivity index (χ1) is 15.5. The van der Waals surface area contributed by atoms with Gasteiger partial charge in [-0.25, -0.2) is 14.8 Å². The summed E-state index contributed by atoms with van der Waals surface area (Å²) in [5, 5.41) is 5.12. The Hall–Kier alpha value is -2.09. The molecular formula is C23H25Cl2N5OS. The van der Waals surface area contributed by atoms with Crippen LogP contribution in [-0.2, 0) is 19.3 Å². The first kappa shape index (κ1) is 21.7. The lowest BCUT2D eigenvalue weighted by Gasteiger charge is -2.36. The van der Waals surface area contributed by atoms with Gasteiger partial charge in [-0.05, 0) is 49.4 Å². The van der Waals surface area contributed by atoms with Crippen LogP contribution in [0.4, 0.5) is 16.3 Å². The Bertz CT molecular complexity index is 1170. The molecule has 32 heavy (non-hydrogen) atoms. The molecule has 0 saturated carbocycles. The molecule has 6 nitrogen and oxygen atoms in total. The topological polar surface area (TPSA) is 61.4 Å². The number of anilines is 2. The zero-order valence-electron chi connectivity index (χ0n) is 18.0. The van der Waals surface area contributed by atoms with Crippen molar-refractivity contribution in [2.75, 3.05) is 36.4 Å². The third-order valence-corrected chi connectivity index (χ3v) is 7.93. The molecule has 3 heterocycles. The number of amides is 2. The smallest absolute Gasteiger partial charge is 0.322 e. The summed E-state index contributed by atoms with van der Waals surface area (Å²) in [6.07, 6.45) is 5.57. The second kappa shape index (κ2) is 9.04. The molecule has 1 saturated heterocycles. The minimum absolute atomic E-state index is 0.149. The normalized spacial score (nSPS) is 16.3. The number of thiophene rings is 1. The zero-order chi connectivity index (χ0) is 22.2. The van der Waals surface area contributed by atoms with Crippen molar-refractivity contribution in [2.45, 2.75) is 39.0 Å². The van der Waals surface area contributed by atoms with Gasteiger partial charge in [-0.1, -0.05) is 30.1 Å². The van der Waals surface area contributed by atoms with Gasteiger partial charge in [0.1, 0.15) is 16.5 Å². The highest BCUT2D eigenvalue weighted by atomic mass is 35.5. The van der Waals surface area contributed by atoms with Gasteiger partial charge in [0.2, 0.25) is 0 Å². The van der Waals surface area contributed by atoms with Gasteiger partial charge in [0.25, 0.3) is 0 Å². The molecule has 0 bridgehead atoms. The number of piperazine rings is 1. The summed E-state index contributed by atoms with van der Waals surface area (Å²) in [4.78, 5) is 29.3. The van der Waals surface area contributed by atoms with Crippen molar-refractivity contribution in [1.82, 2.24) is 14.9 Å². The maximum Gasteiger partial charge on any atom is 0.322 e.